The van der Waals surface area contributed by atoms with Crippen molar-refractivity contribution in [2.24, 2.45) is 17.8 Å². The molecule has 6 atom stereocenters. The molecule has 7 rings (SSSR count). The number of piperidine rings is 1. The number of hydrogen-bond donors (Lipinski definition) is 4. The van der Waals surface area contributed by atoms with Crippen molar-refractivity contribution >= 4 is 35.0 Å². The Labute approximate surface area is 314 Å². The summed E-state index contributed by atoms with van der Waals surface area (Å²) in [6.45, 7) is 8.24. The van der Waals surface area contributed by atoms with E-state index >= 15 is 0 Å². The third kappa shape index (κ3) is 7.01. The first kappa shape index (κ1) is 36.9. The van der Waals surface area contributed by atoms with E-state index in [0.29, 0.717) is 12.5 Å². The maximum atomic E-state index is 13.9. The van der Waals surface area contributed by atoms with E-state index in [4.69, 9.17) is 19.4 Å². The average molecular weight is 739 g/mol. The second-order valence-electron chi connectivity index (χ2n) is 15.4. The molecule has 286 valence electrons. The number of aromatic amines is 2. The molecule has 2 aliphatic heterocycles. The van der Waals surface area contributed by atoms with Gasteiger partial charge >= 0.3 is 12.2 Å². The first-order valence-electron chi connectivity index (χ1n) is 18.9. The molecular formula is C40H50N8O6. The highest BCUT2D eigenvalue weighted by Gasteiger charge is 2.51. The van der Waals surface area contributed by atoms with Crippen molar-refractivity contribution < 1.29 is 28.7 Å². The number of methoxy groups -OCH3 is 2. The maximum absolute atomic E-state index is 13.9. The Bertz CT molecular complexity index is 2020. The van der Waals surface area contributed by atoms with Crippen LogP contribution in [0.4, 0.5) is 9.59 Å². The highest BCUT2D eigenvalue weighted by Crippen LogP contribution is 2.50. The molecule has 6 unspecified atom stereocenters. The lowest BCUT2D eigenvalue weighted by Gasteiger charge is -2.37. The van der Waals surface area contributed by atoms with Crippen molar-refractivity contribution in [2.45, 2.75) is 90.0 Å². The molecule has 3 aliphatic rings. The lowest BCUT2D eigenvalue weighted by molar-refractivity contribution is -0.139. The molecular weight excluding hydrogens is 688 g/mol. The number of aromatic nitrogens is 4. The van der Waals surface area contributed by atoms with Crippen LogP contribution < -0.4 is 10.6 Å². The van der Waals surface area contributed by atoms with E-state index in [-0.39, 0.29) is 41.8 Å². The first-order chi connectivity index (χ1) is 26.0. The number of alkyl carbamates (subject to hydrolysis) is 2. The second-order valence-corrected chi connectivity index (χ2v) is 15.4. The van der Waals surface area contributed by atoms with Crippen LogP contribution in [-0.2, 0) is 19.1 Å². The van der Waals surface area contributed by atoms with Gasteiger partial charge in [0.25, 0.3) is 0 Å². The highest BCUT2D eigenvalue weighted by atomic mass is 16.5. The van der Waals surface area contributed by atoms with Crippen LogP contribution in [0.25, 0.3) is 33.4 Å². The summed E-state index contributed by atoms with van der Waals surface area (Å²) in [5.41, 5.74) is 5.59. The summed E-state index contributed by atoms with van der Waals surface area (Å²) in [7, 11) is 2.59. The van der Waals surface area contributed by atoms with E-state index in [1.807, 2.05) is 55.8 Å². The van der Waals surface area contributed by atoms with Gasteiger partial charge in [-0.25, -0.2) is 19.6 Å². The SMILES string of the molecule is COC(=O)NC(C(=O)N1CCCC1c1nc2ccc(-c3ccc(-c4cnc(C5C6CCC(C6)N5C(=O)C(NC(=O)OC)C(C)C)[nH]4)cc3)cc2[nH]1)C(C)C. The maximum Gasteiger partial charge on any atom is 0.407 e. The van der Waals surface area contributed by atoms with Crippen molar-refractivity contribution in [2.75, 3.05) is 20.8 Å². The number of fused-ring (bicyclic) bond motifs is 3. The minimum Gasteiger partial charge on any atom is -0.453 e. The average Bonchev–Trinajstić information content (AvgIpc) is 4.02. The summed E-state index contributed by atoms with van der Waals surface area (Å²) < 4.78 is 9.58. The largest absolute Gasteiger partial charge is 0.453 e. The van der Waals surface area contributed by atoms with E-state index < -0.39 is 24.3 Å². The number of hydrogen-bond acceptors (Lipinski definition) is 8. The van der Waals surface area contributed by atoms with E-state index in [9.17, 15) is 19.2 Å². The van der Waals surface area contributed by atoms with Crippen LogP contribution in [-0.4, -0.2) is 92.6 Å². The van der Waals surface area contributed by atoms with Crippen LogP contribution in [0.5, 0.6) is 0 Å². The van der Waals surface area contributed by atoms with Gasteiger partial charge in [-0.15, -0.1) is 0 Å². The molecule has 54 heavy (non-hydrogen) atoms. The molecule has 4 amide bonds. The Kier molecular flexibility index (Phi) is 10.4. The Morgan fingerprint density at radius 3 is 2.11 bits per heavy atom. The fourth-order valence-electron chi connectivity index (χ4n) is 8.55. The first-order valence-corrected chi connectivity index (χ1v) is 18.9. The Balaban J connectivity index is 1.07. The van der Waals surface area contributed by atoms with Gasteiger partial charge in [0.1, 0.15) is 23.7 Å². The minimum absolute atomic E-state index is 0.0991. The molecule has 2 aromatic carbocycles. The van der Waals surface area contributed by atoms with Crippen molar-refractivity contribution in [3.05, 3.63) is 60.3 Å². The molecule has 1 saturated carbocycles. The van der Waals surface area contributed by atoms with Crippen LogP contribution in [0, 0.1) is 17.8 Å². The highest BCUT2D eigenvalue weighted by molar-refractivity contribution is 5.88. The Morgan fingerprint density at radius 1 is 0.796 bits per heavy atom. The number of benzene rings is 2. The smallest absolute Gasteiger partial charge is 0.407 e. The molecule has 4 heterocycles. The molecule has 14 heteroatoms. The third-order valence-corrected chi connectivity index (χ3v) is 11.4. The number of rotatable bonds is 10. The fraction of sp³-hybridized carbons (Fsp3) is 0.500. The number of carbonyl (C=O) groups is 4. The molecule has 2 aromatic heterocycles. The molecule has 14 nitrogen and oxygen atoms in total. The monoisotopic (exact) mass is 738 g/mol. The summed E-state index contributed by atoms with van der Waals surface area (Å²) >= 11 is 0. The molecule has 2 bridgehead atoms. The number of nitrogens with one attached hydrogen (secondary N) is 4. The Morgan fingerprint density at radius 2 is 1.44 bits per heavy atom. The van der Waals surface area contributed by atoms with E-state index in [2.05, 4.69) is 50.9 Å². The number of imidazole rings is 2. The number of amides is 4. The summed E-state index contributed by atoms with van der Waals surface area (Å²) in [4.78, 5) is 72.0. The van der Waals surface area contributed by atoms with Gasteiger partial charge in [0.15, 0.2) is 0 Å². The van der Waals surface area contributed by atoms with Gasteiger partial charge in [-0.3, -0.25) is 9.59 Å². The molecule has 4 aromatic rings. The normalized spacial score (nSPS) is 21.9. The third-order valence-electron chi connectivity index (χ3n) is 11.4. The van der Waals surface area contributed by atoms with Gasteiger partial charge in [-0.1, -0.05) is 58.0 Å². The molecule has 1 aliphatic carbocycles. The lowest BCUT2D eigenvalue weighted by Crippen LogP contribution is -2.54. The zero-order valence-corrected chi connectivity index (χ0v) is 31.7. The van der Waals surface area contributed by atoms with Crippen LogP contribution in [0.1, 0.15) is 83.5 Å². The fourth-order valence-corrected chi connectivity index (χ4v) is 8.55. The van der Waals surface area contributed by atoms with Crippen LogP contribution in [0.2, 0.25) is 0 Å². The minimum atomic E-state index is -0.693. The van der Waals surface area contributed by atoms with E-state index in [0.717, 1.165) is 77.2 Å². The number of carbonyl (C=O) groups excluding carboxylic acids is 4. The summed E-state index contributed by atoms with van der Waals surface area (Å²) in [6.07, 6.45) is 5.12. The second kappa shape index (κ2) is 15.2. The molecule has 0 spiro atoms. The summed E-state index contributed by atoms with van der Waals surface area (Å²) in [6, 6.07) is 12.7. The Hall–Kier alpha value is -5.40. The van der Waals surface area contributed by atoms with Gasteiger partial charge < -0.3 is 39.9 Å². The number of ether oxygens (including phenoxy) is 2. The van der Waals surface area contributed by atoms with Crippen LogP contribution in [0.3, 0.4) is 0 Å². The number of likely N-dealkylation sites (tertiary alicyclic amines) is 2. The van der Waals surface area contributed by atoms with Crippen molar-refractivity contribution in [3.63, 3.8) is 0 Å². The zero-order chi connectivity index (χ0) is 38.3. The zero-order valence-electron chi connectivity index (χ0n) is 31.7. The standard InChI is InChI=1S/C40H50N8O6/c1-21(2)32(45-39(51)53-5)37(49)47-17-7-8-31(47)35-42-28-16-14-25(19-29(28)43-35)23-9-11-24(12-10-23)30-20-41-36(44-30)34-26-13-15-27(18-26)48(34)38(50)33(22(3)4)46-40(52)54-6/h9-12,14,16,19-22,26-27,31-34H,7-8,13,15,17-18H2,1-6H3,(H,41,44)(H,42,43)(H,45,51)(H,46,52). The number of nitrogens with zero attached hydrogens (tertiary/aromatic N) is 4. The summed E-state index contributed by atoms with van der Waals surface area (Å²) in [5, 5.41) is 5.45. The van der Waals surface area contributed by atoms with Crippen molar-refractivity contribution in [3.8, 4) is 22.4 Å². The van der Waals surface area contributed by atoms with Crippen LogP contribution >= 0.6 is 0 Å². The van der Waals surface area contributed by atoms with Crippen molar-refractivity contribution in [1.82, 2.24) is 40.4 Å². The van der Waals surface area contributed by atoms with Crippen molar-refractivity contribution in [1.29, 1.82) is 0 Å². The topological polar surface area (TPSA) is 175 Å². The van der Waals surface area contributed by atoms with E-state index in [1.165, 1.54) is 14.2 Å². The molecule has 0 radical (unpaired) electrons. The predicted molar refractivity (Wildman–Crippen MR) is 202 cm³/mol. The van der Waals surface area contributed by atoms with Gasteiger partial charge in [0, 0.05) is 12.6 Å². The van der Waals surface area contributed by atoms with E-state index in [1.54, 1.807) is 0 Å². The van der Waals surface area contributed by atoms with Crippen LogP contribution in [0.15, 0.2) is 48.7 Å². The summed E-state index contributed by atoms with van der Waals surface area (Å²) in [5.74, 6) is 1.35. The van der Waals surface area contributed by atoms with Gasteiger partial charge in [-0.05, 0) is 78.7 Å². The quantitative estimate of drug-likeness (QED) is 0.151. The number of H-pyrrole nitrogens is 2. The lowest BCUT2D eigenvalue weighted by atomic mass is 9.95. The van der Waals surface area contributed by atoms with Gasteiger partial charge in [0.2, 0.25) is 11.8 Å². The predicted octanol–water partition coefficient (Wildman–Crippen LogP) is 6.10. The van der Waals surface area contributed by atoms with Gasteiger partial charge in [0.05, 0.1) is 49.2 Å². The van der Waals surface area contributed by atoms with Gasteiger partial charge in [-0.2, -0.15) is 0 Å². The molecule has 2 saturated heterocycles. The molecule has 3 fully saturated rings. The molecule has 4 N–H and O–H groups in total.